The maximum absolute atomic E-state index is 15.2. The van der Waals surface area contributed by atoms with Gasteiger partial charge in [0.2, 0.25) is 5.91 Å². The number of hydrogen-bond acceptors (Lipinski definition) is 9. The Labute approximate surface area is 258 Å². The Morgan fingerprint density at radius 1 is 1.02 bits per heavy atom. The van der Waals surface area contributed by atoms with E-state index < -0.39 is 0 Å². The standard InChI is InChI=1S/C32H33FN8O4/c1-20-36-27-15-23(5-7-29(27)41(20)19-21-2-3-21)32(43)35-18-31(42)40-11-9-39(10-12-40)28-6-4-22(14-25(28)33)26-16-24(45-37-26)17-34-30-8-13-44-38-30/h4-8,13-16,21H,2-3,9-12,17-19H2,1H3,(H,34,38)(H,35,43). The van der Waals surface area contributed by atoms with Gasteiger partial charge in [-0.2, -0.15) is 0 Å². The number of hydrogen-bond donors (Lipinski definition) is 2. The van der Waals surface area contributed by atoms with Crippen LogP contribution in [0.5, 0.6) is 0 Å². The van der Waals surface area contributed by atoms with E-state index in [9.17, 15) is 9.59 Å². The summed E-state index contributed by atoms with van der Waals surface area (Å²) in [5.41, 5.74) is 3.86. The van der Waals surface area contributed by atoms with Crippen LogP contribution in [0.2, 0.25) is 0 Å². The molecule has 1 aliphatic carbocycles. The summed E-state index contributed by atoms with van der Waals surface area (Å²) in [4.78, 5) is 34.0. The summed E-state index contributed by atoms with van der Waals surface area (Å²) < 4.78 is 27.6. The van der Waals surface area contributed by atoms with Crippen LogP contribution in [-0.2, 0) is 17.9 Å². The summed E-state index contributed by atoms with van der Waals surface area (Å²) in [6.45, 7) is 4.98. The lowest BCUT2D eigenvalue weighted by Crippen LogP contribution is -2.51. The van der Waals surface area contributed by atoms with E-state index in [0.717, 1.165) is 29.3 Å². The van der Waals surface area contributed by atoms with Gasteiger partial charge >= 0.3 is 0 Å². The van der Waals surface area contributed by atoms with Crippen molar-refractivity contribution in [1.29, 1.82) is 0 Å². The van der Waals surface area contributed by atoms with Gasteiger partial charge in [-0.05, 0) is 56.0 Å². The second-order valence-electron chi connectivity index (χ2n) is 11.5. The fourth-order valence-corrected chi connectivity index (χ4v) is 5.68. The molecule has 0 radical (unpaired) electrons. The van der Waals surface area contributed by atoms with Crippen LogP contribution in [0.15, 0.2) is 63.8 Å². The van der Waals surface area contributed by atoms with Gasteiger partial charge in [-0.3, -0.25) is 9.59 Å². The van der Waals surface area contributed by atoms with Crippen molar-refractivity contribution in [2.24, 2.45) is 5.92 Å². The Bertz CT molecular complexity index is 1840. The minimum Gasteiger partial charge on any atom is -0.366 e. The number of rotatable bonds is 10. The van der Waals surface area contributed by atoms with E-state index in [1.807, 2.05) is 17.9 Å². The van der Waals surface area contributed by atoms with Crippen LogP contribution in [0, 0.1) is 18.7 Å². The molecule has 0 unspecified atom stereocenters. The molecule has 2 fully saturated rings. The van der Waals surface area contributed by atoms with Crippen molar-refractivity contribution in [3.8, 4) is 11.3 Å². The number of imidazole rings is 1. The van der Waals surface area contributed by atoms with Gasteiger partial charge in [0.1, 0.15) is 23.6 Å². The first kappa shape index (κ1) is 28.6. The molecule has 1 saturated carbocycles. The molecular weight excluding hydrogens is 579 g/mol. The van der Waals surface area contributed by atoms with Crippen LogP contribution in [0.25, 0.3) is 22.3 Å². The van der Waals surface area contributed by atoms with Gasteiger partial charge in [-0.1, -0.05) is 16.4 Å². The highest BCUT2D eigenvalue weighted by atomic mass is 19.1. The van der Waals surface area contributed by atoms with Gasteiger partial charge in [-0.25, -0.2) is 9.37 Å². The lowest BCUT2D eigenvalue weighted by Gasteiger charge is -2.36. The van der Waals surface area contributed by atoms with E-state index in [0.29, 0.717) is 66.8 Å². The van der Waals surface area contributed by atoms with E-state index in [4.69, 9.17) is 9.05 Å². The monoisotopic (exact) mass is 612 g/mol. The van der Waals surface area contributed by atoms with Crippen molar-refractivity contribution in [3.63, 3.8) is 0 Å². The first-order chi connectivity index (χ1) is 21.9. The Morgan fingerprint density at radius 3 is 2.62 bits per heavy atom. The fraction of sp³-hybridized carbons (Fsp3) is 0.344. The summed E-state index contributed by atoms with van der Waals surface area (Å²) in [7, 11) is 0. The summed E-state index contributed by atoms with van der Waals surface area (Å²) in [6, 6.07) is 13.9. The van der Waals surface area contributed by atoms with Gasteiger partial charge in [-0.15, -0.1) is 0 Å². The Kier molecular flexibility index (Phi) is 7.66. The molecular formula is C32H33FN8O4. The number of amides is 2. The number of piperazine rings is 1. The Hall–Kier alpha value is -5.20. The number of nitrogens with zero attached hydrogens (tertiary/aromatic N) is 6. The molecule has 0 atom stereocenters. The molecule has 2 aromatic carbocycles. The quantitative estimate of drug-likeness (QED) is 0.238. The molecule has 2 aliphatic rings. The lowest BCUT2D eigenvalue weighted by molar-refractivity contribution is -0.130. The first-order valence-corrected chi connectivity index (χ1v) is 15.1. The number of aryl methyl sites for hydroxylation is 1. The number of benzene rings is 2. The predicted molar refractivity (Wildman–Crippen MR) is 164 cm³/mol. The lowest BCUT2D eigenvalue weighted by atomic mass is 10.1. The van der Waals surface area contributed by atoms with E-state index in [1.165, 1.54) is 25.2 Å². The maximum atomic E-state index is 15.2. The molecule has 0 spiro atoms. The third-order valence-corrected chi connectivity index (χ3v) is 8.40. The summed E-state index contributed by atoms with van der Waals surface area (Å²) in [5.74, 6) is 1.94. The largest absolute Gasteiger partial charge is 0.366 e. The van der Waals surface area contributed by atoms with Gasteiger partial charge in [0.15, 0.2) is 11.6 Å². The zero-order valence-corrected chi connectivity index (χ0v) is 24.8. The molecule has 232 valence electrons. The van der Waals surface area contributed by atoms with Crippen molar-refractivity contribution in [3.05, 3.63) is 77.8 Å². The third kappa shape index (κ3) is 6.24. The maximum Gasteiger partial charge on any atom is 0.251 e. The highest BCUT2D eigenvalue weighted by Crippen LogP contribution is 2.32. The molecule has 45 heavy (non-hydrogen) atoms. The van der Waals surface area contributed by atoms with Crippen LogP contribution in [0.3, 0.4) is 0 Å². The SMILES string of the molecule is Cc1nc2cc(C(=O)NCC(=O)N3CCN(c4ccc(-c5cc(CNc6ccon6)on5)cc4F)CC3)ccc2n1CC1CC1. The number of aromatic nitrogens is 4. The smallest absolute Gasteiger partial charge is 0.251 e. The number of nitrogens with one attached hydrogen (secondary N) is 2. The van der Waals surface area contributed by atoms with Gasteiger partial charge in [0.25, 0.3) is 5.91 Å². The molecule has 1 aliphatic heterocycles. The van der Waals surface area contributed by atoms with Gasteiger partial charge < -0.3 is 34.0 Å². The summed E-state index contributed by atoms with van der Waals surface area (Å²) in [6.07, 6.45) is 3.97. The molecule has 3 aromatic heterocycles. The van der Waals surface area contributed by atoms with Crippen LogP contribution in [-0.4, -0.2) is 69.3 Å². The third-order valence-electron chi connectivity index (χ3n) is 8.40. The molecule has 13 heteroatoms. The van der Waals surface area contributed by atoms with Crippen molar-refractivity contribution >= 4 is 34.4 Å². The van der Waals surface area contributed by atoms with Crippen molar-refractivity contribution in [2.75, 3.05) is 42.9 Å². The summed E-state index contributed by atoms with van der Waals surface area (Å²) in [5, 5.41) is 13.6. The van der Waals surface area contributed by atoms with Crippen molar-refractivity contribution in [1.82, 2.24) is 30.1 Å². The molecule has 4 heterocycles. The molecule has 12 nitrogen and oxygen atoms in total. The first-order valence-electron chi connectivity index (χ1n) is 15.1. The normalized spacial score (nSPS) is 15.1. The van der Waals surface area contributed by atoms with Crippen molar-refractivity contribution < 1.29 is 23.0 Å². The van der Waals surface area contributed by atoms with Gasteiger partial charge in [0.05, 0.1) is 29.8 Å². The fourth-order valence-electron chi connectivity index (χ4n) is 5.68. The second-order valence-corrected chi connectivity index (χ2v) is 11.5. The van der Waals surface area contributed by atoms with Crippen LogP contribution >= 0.6 is 0 Å². The minimum absolute atomic E-state index is 0.108. The average molecular weight is 613 g/mol. The number of fused-ring (bicyclic) bond motifs is 1. The average Bonchev–Trinajstić information content (AvgIpc) is 3.38. The highest BCUT2D eigenvalue weighted by molar-refractivity contribution is 5.99. The van der Waals surface area contributed by atoms with Crippen molar-refractivity contribution in [2.45, 2.75) is 32.9 Å². The van der Waals surface area contributed by atoms with E-state index in [1.54, 1.807) is 41.3 Å². The zero-order valence-electron chi connectivity index (χ0n) is 24.8. The Balaban J connectivity index is 0.902. The molecule has 7 rings (SSSR count). The second kappa shape index (κ2) is 12.1. The topological polar surface area (TPSA) is 135 Å². The Morgan fingerprint density at radius 2 is 1.87 bits per heavy atom. The number of halogens is 1. The zero-order chi connectivity index (χ0) is 30.9. The van der Waals surface area contributed by atoms with Gasteiger partial charge in [0, 0.05) is 56.0 Å². The molecule has 2 N–H and O–H groups in total. The van der Waals surface area contributed by atoms with Crippen LogP contribution < -0.4 is 15.5 Å². The molecule has 2 amide bonds. The van der Waals surface area contributed by atoms with E-state index in [2.05, 4.69) is 30.5 Å². The summed E-state index contributed by atoms with van der Waals surface area (Å²) >= 11 is 0. The van der Waals surface area contributed by atoms with Crippen LogP contribution in [0.4, 0.5) is 15.9 Å². The predicted octanol–water partition coefficient (Wildman–Crippen LogP) is 4.23. The number of carbonyl (C=O) groups excluding carboxylic acids is 2. The highest BCUT2D eigenvalue weighted by Gasteiger charge is 2.25. The van der Waals surface area contributed by atoms with E-state index in [-0.39, 0.29) is 24.2 Å². The molecule has 5 aromatic rings. The minimum atomic E-state index is -0.380. The van der Waals surface area contributed by atoms with Crippen LogP contribution in [0.1, 0.15) is 34.8 Å². The molecule has 1 saturated heterocycles. The number of carbonyl (C=O) groups is 2. The number of anilines is 2. The van der Waals surface area contributed by atoms with E-state index >= 15 is 4.39 Å². The molecule has 0 bridgehead atoms.